The van der Waals surface area contributed by atoms with Crippen LogP contribution in [-0.2, 0) is 4.74 Å². The zero-order valence-electron chi connectivity index (χ0n) is 13.7. The molecule has 1 fully saturated rings. The Kier molecular flexibility index (Phi) is 4.82. The van der Waals surface area contributed by atoms with Crippen LogP contribution in [0.3, 0.4) is 0 Å². The van der Waals surface area contributed by atoms with Gasteiger partial charge in [0.1, 0.15) is 5.76 Å². The molecular weight excluding hydrogens is 290 g/mol. The number of amides is 1. The van der Waals surface area contributed by atoms with Crippen molar-refractivity contribution >= 4 is 5.91 Å². The van der Waals surface area contributed by atoms with Crippen molar-refractivity contribution in [2.24, 2.45) is 0 Å². The fraction of sp³-hybridized carbons (Fsp3) is 0.421. The van der Waals surface area contributed by atoms with E-state index in [1.807, 2.05) is 42.2 Å². The lowest BCUT2D eigenvalue weighted by molar-refractivity contribution is 0.0693. The van der Waals surface area contributed by atoms with Gasteiger partial charge in [-0.1, -0.05) is 18.2 Å². The minimum absolute atomic E-state index is 0.00244. The molecule has 4 nitrogen and oxygen atoms in total. The Balaban J connectivity index is 1.80. The molecule has 23 heavy (non-hydrogen) atoms. The number of piperidine rings is 1. The summed E-state index contributed by atoms with van der Waals surface area (Å²) < 4.78 is 11.2. The topological polar surface area (TPSA) is 42.7 Å². The van der Waals surface area contributed by atoms with Crippen LogP contribution in [0.1, 0.15) is 48.4 Å². The number of carbonyl (C=O) groups is 1. The van der Waals surface area contributed by atoms with Crippen LogP contribution in [0.25, 0.3) is 11.3 Å². The van der Waals surface area contributed by atoms with E-state index in [1.54, 1.807) is 13.2 Å². The molecule has 0 spiro atoms. The molecule has 4 heteroatoms. The third-order valence-corrected chi connectivity index (χ3v) is 4.45. The Labute approximate surface area is 137 Å². The highest BCUT2D eigenvalue weighted by atomic mass is 16.5. The lowest BCUT2D eigenvalue weighted by atomic mass is 10.1. The molecule has 1 aromatic carbocycles. The first kappa shape index (κ1) is 15.8. The monoisotopic (exact) mass is 313 g/mol. The van der Waals surface area contributed by atoms with E-state index in [0.717, 1.165) is 42.8 Å². The molecule has 1 amide bonds. The van der Waals surface area contributed by atoms with E-state index in [2.05, 4.69) is 0 Å². The van der Waals surface area contributed by atoms with E-state index in [9.17, 15) is 4.79 Å². The number of carbonyl (C=O) groups excluding carboxylic acids is 1. The number of benzene rings is 1. The molecule has 1 aliphatic rings. The number of methoxy groups -OCH3 is 1. The van der Waals surface area contributed by atoms with Crippen LogP contribution in [0.2, 0.25) is 0 Å². The molecule has 0 N–H and O–H groups in total. The summed E-state index contributed by atoms with van der Waals surface area (Å²) in [7, 11) is 1.69. The number of hydrogen-bond donors (Lipinski definition) is 0. The smallest absolute Gasteiger partial charge is 0.289 e. The molecule has 0 radical (unpaired) electrons. The van der Waals surface area contributed by atoms with E-state index >= 15 is 0 Å². The third-order valence-electron chi connectivity index (χ3n) is 4.45. The summed E-state index contributed by atoms with van der Waals surface area (Å²) in [5, 5.41) is 0. The SMILES string of the molecule is CO[C@@H](C)c1cccc(-c2ccc(C(=O)N3CCCCC3)o2)c1. The van der Waals surface area contributed by atoms with Gasteiger partial charge in [-0.05, 0) is 49.9 Å². The molecule has 1 atom stereocenters. The lowest BCUT2D eigenvalue weighted by Crippen LogP contribution is -2.35. The van der Waals surface area contributed by atoms with Crippen molar-refractivity contribution in [3.8, 4) is 11.3 Å². The average molecular weight is 313 g/mol. The Hall–Kier alpha value is -2.07. The van der Waals surface area contributed by atoms with E-state index in [0.29, 0.717) is 5.76 Å². The molecule has 3 rings (SSSR count). The van der Waals surface area contributed by atoms with Crippen molar-refractivity contribution in [3.05, 3.63) is 47.7 Å². The van der Waals surface area contributed by atoms with Gasteiger partial charge in [0.2, 0.25) is 0 Å². The fourth-order valence-electron chi connectivity index (χ4n) is 2.94. The molecule has 2 heterocycles. The molecule has 0 bridgehead atoms. The minimum Gasteiger partial charge on any atom is -0.451 e. The quantitative estimate of drug-likeness (QED) is 0.846. The van der Waals surface area contributed by atoms with Crippen LogP contribution in [0.4, 0.5) is 0 Å². The van der Waals surface area contributed by atoms with Crippen LogP contribution in [0, 0.1) is 0 Å². The van der Waals surface area contributed by atoms with Crippen LogP contribution >= 0.6 is 0 Å². The standard InChI is InChI=1S/C19H23NO3/c1-14(22-2)15-7-6-8-16(13-15)17-9-10-18(23-17)19(21)20-11-4-3-5-12-20/h6-10,13-14H,3-5,11-12H2,1-2H3/t14-/m0/s1. The predicted octanol–water partition coefficient (Wildman–Crippen LogP) is 4.28. The summed E-state index contributed by atoms with van der Waals surface area (Å²) in [6.45, 7) is 3.66. The van der Waals surface area contributed by atoms with E-state index in [-0.39, 0.29) is 12.0 Å². The first-order chi connectivity index (χ1) is 11.2. The van der Waals surface area contributed by atoms with Gasteiger partial charge in [0.15, 0.2) is 5.76 Å². The van der Waals surface area contributed by atoms with Gasteiger partial charge in [-0.3, -0.25) is 4.79 Å². The second-order valence-electron chi connectivity index (χ2n) is 6.02. The molecule has 1 aliphatic heterocycles. The van der Waals surface area contributed by atoms with Crippen molar-refractivity contribution < 1.29 is 13.9 Å². The van der Waals surface area contributed by atoms with Crippen LogP contribution in [-0.4, -0.2) is 31.0 Å². The molecular formula is C19H23NO3. The van der Waals surface area contributed by atoms with Gasteiger partial charge < -0.3 is 14.1 Å². The second-order valence-corrected chi connectivity index (χ2v) is 6.02. The van der Waals surface area contributed by atoms with E-state index in [1.165, 1.54) is 6.42 Å². The highest BCUT2D eigenvalue weighted by Gasteiger charge is 2.21. The Bertz CT molecular complexity index is 671. The number of nitrogens with zero attached hydrogens (tertiary/aromatic N) is 1. The number of likely N-dealkylation sites (tertiary alicyclic amines) is 1. The summed E-state index contributed by atoms with van der Waals surface area (Å²) in [4.78, 5) is 14.4. The lowest BCUT2D eigenvalue weighted by Gasteiger charge is -2.25. The third kappa shape index (κ3) is 3.48. The minimum atomic E-state index is -0.00244. The highest BCUT2D eigenvalue weighted by Crippen LogP contribution is 2.27. The van der Waals surface area contributed by atoms with Crippen molar-refractivity contribution in [2.45, 2.75) is 32.3 Å². The molecule has 0 unspecified atom stereocenters. The molecule has 0 aliphatic carbocycles. The highest BCUT2D eigenvalue weighted by molar-refractivity contribution is 5.92. The first-order valence-electron chi connectivity index (χ1n) is 8.21. The van der Waals surface area contributed by atoms with Gasteiger partial charge in [-0.2, -0.15) is 0 Å². The van der Waals surface area contributed by atoms with Crippen molar-refractivity contribution in [2.75, 3.05) is 20.2 Å². The predicted molar refractivity (Wildman–Crippen MR) is 89.3 cm³/mol. The second kappa shape index (κ2) is 7.01. The van der Waals surface area contributed by atoms with Crippen molar-refractivity contribution in [1.29, 1.82) is 0 Å². The first-order valence-corrected chi connectivity index (χ1v) is 8.21. The van der Waals surface area contributed by atoms with Crippen LogP contribution in [0.5, 0.6) is 0 Å². The summed E-state index contributed by atoms with van der Waals surface area (Å²) in [5.41, 5.74) is 2.05. The van der Waals surface area contributed by atoms with E-state index in [4.69, 9.17) is 9.15 Å². The Morgan fingerprint density at radius 2 is 1.96 bits per heavy atom. The van der Waals surface area contributed by atoms with Gasteiger partial charge in [0.25, 0.3) is 5.91 Å². The maximum Gasteiger partial charge on any atom is 0.289 e. The average Bonchev–Trinajstić information content (AvgIpc) is 3.11. The van der Waals surface area contributed by atoms with Gasteiger partial charge in [-0.25, -0.2) is 0 Å². The van der Waals surface area contributed by atoms with Gasteiger partial charge >= 0.3 is 0 Å². The zero-order valence-corrected chi connectivity index (χ0v) is 13.7. The summed E-state index contributed by atoms with van der Waals surface area (Å²) in [5.74, 6) is 1.14. The van der Waals surface area contributed by atoms with E-state index < -0.39 is 0 Å². The maximum atomic E-state index is 12.5. The Morgan fingerprint density at radius 3 is 2.70 bits per heavy atom. The number of furan rings is 1. The number of ether oxygens (including phenoxy) is 1. The molecule has 1 aromatic heterocycles. The zero-order chi connectivity index (χ0) is 16.2. The van der Waals surface area contributed by atoms with Crippen molar-refractivity contribution in [1.82, 2.24) is 4.90 Å². The molecule has 122 valence electrons. The molecule has 2 aromatic rings. The summed E-state index contributed by atoms with van der Waals surface area (Å²) in [6.07, 6.45) is 3.39. The maximum absolute atomic E-state index is 12.5. The normalized spacial score (nSPS) is 16.3. The Morgan fingerprint density at radius 1 is 1.17 bits per heavy atom. The van der Waals surface area contributed by atoms with Gasteiger partial charge in [0, 0.05) is 25.8 Å². The van der Waals surface area contributed by atoms with Crippen molar-refractivity contribution in [3.63, 3.8) is 0 Å². The summed E-state index contributed by atoms with van der Waals surface area (Å²) >= 11 is 0. The fourth-order valence-corrected chi connectivity index (χ4v) is 2.94. The number of hydrogen-bond acceptors (Lipinski definition) is 3. The van der Waals surface area contributed by atoms with Gasteiger partial charge in [0.05, 0.1) is 6.10 Å². The molecule has 0 saturated carbocycles. The van der Waals surface area contributed by atoms with Crippen LogP contribution in [0.15, 0.2) is 40.8 Å². The van der Waals surface area contributed by atoms with Crippen LogP contribution < -0.4 is 0 Å². The van der Waals surface area contributed by atoms with Gasteiger partial charge in [-0.15, -0.1) is 0 Å². The largest absolute Gasteiger partial charge is 0.451 e. The molecule has 1 saturated heterocycles. The number of rotatable bonds is 4. The summed E-state index contributed by atoms with van der Waals surface area (Å²) in [6, 6.07) is 11.7.